The fourth-order valence-electron chi connectivity index (χ4n) is 2.99. The molecule has 1 unspecified atom stereocenters. The van der Waals surface area contributed by atoms with Gasteiger partial charge in [-0.05, 0) is 57.6 Å². The van der Waals surface area contributed by atoms with Crippen LogP contribution in [0.1, 0.15) is 39.7 Å². The standard InChI is InChI=1S/C17H23BN2O5/c1-16(2)17(3,4)25-18(24-16)11-7-5-10-6-8-12(20-15(22)23)14(21)19-13(10)9-11/h5,7,9,12,20H,6,8H2,1-4H3,(H,19,21)(H,22,23). The summed E-state index contributed by atoms with van der Waals surface area (Å²) in [4.78, 5) is 23.1. The molecule has 25 heavy (non-hydrogen) atoms. The van der Waals surface area contributed by atoms with Gasteiger partial charge in [0, 0.05) is 5.69 Å². The van der Waals surface area contributed by atoms with Crippen molar-refractivity contribution in [1.29, 1.82) is 0 Å². The van der Waals surface area contributed by atoms with Gasteiger partial charge < -0.3 is 25.0 Å². The van der Waals surface area contributed by atoms with E-state index in [0.29, 0.717) is 18.5 Å². The van der Waals surface area contributed by atoms with Gasteiger partial charge in [-0.3, -0.25) is 4.79 Å². The number of rotatable bonds is 2. The van der Waals surface area contributed by atoms with Gasteiger partial charge >= 0.3 is 13.2 Å². The predicted octanol–water partition coefficient (Wildman–Crippen LogP) is 1.51. The molecule has 2 aliphatic heterocycles. The predicted molar refractivity (Wildman–Crippen MR) is 94.1 cm³/mol. The largest absolute Gasteiger partial charge is 0.494 e. The third-order valence-electron chi connectivity index (χ3n) is 5.23. The Morgan fingerprint density at radius 3 is 2.52 bits per heavy atom. The highest BCUT2D eigenvalue weighted by atomic mass is 16.7. The minimum atomic E-state index is -1.20. The first kappa shape index (κ1) is 17.8. The molecule has 3 N–H and O–H groups in total. The van der Waals surface area contributed by atoms with Crippen LogP contribution in [0, 0.1) is 0 Å². The molecule has 1 aromatic rings. The first-order valence-electron chi connectivity index (χ1n) is 8.38. The molecule has 0 aromatic heterocycles. The van der Waals surface area contributed by atoms with Crippen LogP contribution in [0.3, 0.4) is 0 Å². The van der Waals surface area contributed by atoms with Gasteiger partial charge in [-0.15, -0.1) is 0 Å². The van der Waals surface area contributed by atoms with Crippen molar-refractivity contribution in [1.82, 2.24) is 5.32 Å². The number of nitrogens with one attached hydrogen (secondary N) is 2. The molecular formula is C17H23BN2O5. The number of aryl methyl sites for hydroxylation is 1. The Labute approximate surface area is 147 Å². The van der Waals surface area contributed by atoms with Crippen LogP contribution < -0.4 is 16.1 Å². The minimum absolute atomic E-state index is 0.354. The molecule has 0 radical (unpaired) electrons. The van der Waals surface area contributed by atoms with Crippen molar-refractivity contribution in [2.45, 2.75) is 57.8 Å². The number of carbonyl (C=O) groups is 2. The topological polar surface area (TPSA) is 96.9 Å². The summed E-state index contributed by atoms with van der Waals surface area (Å²) >= 11 is 0. The van der Waals surface area contributed by atoms with Gasteiger partial charge in [0.2, 0.25) is 5.91 Å². The van der Waals surface area contributed by atoms with Crippen molar-refractivity contribution in [3.8, 4) is 0 Å². The number of hydrogen-bond donors (Lipinski definition) is 3. The van der Waals surface area contributed by atoms with Crippen molar-refractivity contribution in [2.75, 3.05) is 5.32 Å². The lowest BCUT2D eigenvalue weighted by Gasteiger charge is -2.32. The lowest BCUT2D eigenvalue weighted by molar-refractivity contribution is -0.118. The monoisotopic (exact) mass is 346 g/mol. The second-order valence-electron chi connectivity index (χ2n) is 7.53. The van der Waals surface area contributed by atoms with Crippen LogP contribution in [0.5, 0.6) is 0 Å². The fourth-order valence-corrected chi connectivity index (χ4v) is 2.99. The Balaban J connectivity index is 1.83. The van der Waals surface area contributed by atoms with Crippen LogP contribution in [0.25, 0.3) is 0 Å². The van der Waals surface area contributed by atoms with E-state index in [9.17, 15) is 9.59 Å². The summed E-state index contributed by atoms with van der Waals surface area (Å²) in [6.45, 7) is 7.95. The Bertz CT molecular complexity index is 703. The number of anilines is 1. The number of hydrogen-bond acceptors (Lipinski definition) is 4. The maximum Gasteiger partial charge on any atom is 0.494 e. The number of carboxylic acid groups (broad SMARTS) is 1. The number of benzene rings is 1. The summed E-state index contributed by atoms with van der Waals surface area (Å²) in [6.07, 6.45) is -0.187. The third-order valence-corrected chi connectivity index (χ3v) is 5.23. The Morgan fingerprint density at radius 1 is 1.28 bits per heavy atom. The zero-order valence-electron chi connectivity index (χ0n) is 14.9. The molecular weight excluding hydrogens is 323 g/mol. The SMILES string of the molecule is CC1(C)OB(c2ccc3c(c2)NC(=O)C(NC(=O)O)CC3)OC1(C)C. The summed E-state index contributed by atoms with van der Waals surface area (Å²) < 4.78 is 12.1. The molecule has 0 saturated carbocycles. The van der Waals surface area contributed by atoms with Gasteiger partial charge in [0.15, 0.2) is 0 Å². The first-order chi connectivity index (χ1) is 11.6. The van der Waals surface area contributed by atoms with Crippen molar-refractivity contribution >= 4 is 30.3 Å². The van der Waals surface area contributed by atoms with E-state index < -0.39 is 30.5 Å². The smallest absolute Gasteiger partial charge is 0.465 e. The van der Waals surface area contributed by atoms with Crippen LogP contribution >= 0.6 is 0 Å². The lowest BCUT2D eigenvalue weighted by Crippen LogP contribution is -2.42. The van der Waals surface area contributed by atoms with E-state index in [1.54, 1.807) is 0 Å². The van der Waals surface area contributed by atoms with E-state index in [4.69, 9.17) is 14.4 Å². The first-order valence-corrected chi connectivity index (χ1v) is 8.38. The van der Waals surface area contributed by atoms with E-state index >= 15 is 0 Å². The highest BCUT2D eigenvalue weighted by Crippen LogP contribution is 2.36. The molecule has 2 heterocycles. The Kier molecular flexibility index (Phi) is 4.29. The van der Waals surface area contributed by atoms with E-state index in [2.05, 4.69) is 10.6 Å². The maximum absolute atomic E-state index is 12.3. The second-order valence-corrected chi connectivity index (χ2v) is 7.53. The number of fused-ring (bicyclic) bond motifs is 1. The quantitative estimate of drug-likeness (QED) is 0.706. The van der Waals surface area contributed by atoms with Crippen LogP contribution in [0.4, 0.5) is 10.5 Å². The third kappa shape index (κ3) is 3.36. The van der Waals surface area contributed by atoms with Gasteiger partial charge in [0.05, 0.1) is 11.2 Å². The minimum Gasteiger partial charge on any atom is -0.465 e. The van der Waals surface area contributed by atoms with E-state index in [0.717, 1.165) is 11.0 Å². The van der Waals surface area contributed by atoms with E-state index in [-0.39, 0.29) is 5.91 Å². The lowest BCUT2D eigenvalue weighted by atomic mass is 9.78. The molecule has 0 spiro atoms. The molecule has 2 aliphatic rings. The van der Waals surface area contributed by atoms with Crippen LogP contribution in [0.15, 0.2) is 18.2 Å². The number of carbonyl (C=O) groups excluding carboxylic acids is 1. The fraction of sp³-hybridized carbons (Fsp3) is 0.529. The van der Waals surface area contributed by atoms with Crippen molar-refractivity contribution in [3.63, 3.8) is 0 Å². The van der Waals surface area contributed by atoms with Gasteiger partial charge in [-0.1, -0.05) is 12.1 Å². The molecule has 0 bridgehead atoms. The molecule has 2 amide bonds. The summed E-state index contributed by atoms with van der Waals surface area (Å²) in [5.74, 6) is -0.354. The van der Waals surface area contributed by atoms with E-state index in [1.807, 2.05) is 45.9 Å². The Morgan fingerprint density at radius 2 is 1.92 bits per heavy atom. The molecule has 0 aliphatic carbocycles. The molecule has 134 valence electrons. The normalized spacial score (nSPS) is 24.2. The molecule has 1 fully saturated rings. The van der Waals surface area contributed by atoms with Crippen molar-refractivity contribution in [3.05, 3.63) is 23.8 Å². The molecule has 1 saturated heterocycles. The van der Waals surface area contributed by atoms with Gasteiger partial charge in [-0.2, -0.15) is 0 Å². The summed E-state index contributed by atoms with van der Waals surface area (Å²) in [6, 6.07) is 4.95. The Hall–Kier alpha value is -2.06. The number of amides is 2. The molecule has 1 aromatic carbocycles. The van der Waals surface area contributed by atoms with Crippen molar-refractivity contribution in [2.24, 2.45) is 0 Å². The van der Waals surface area contributed by atoms with Crippen LogP contribution in [-0.2, 0) is 20.5 Å². The highest BCUT2D eigenvalue weighted by molar-refractivity contribution is 6.62. The zero-order valence-corrected chi connectivity index (χ0v) is 14.9. The highest BCUT2D eigenvalue weighted by Gasteiger charge is 2.51. The average molecular weight is 346 g/mol. The van der Waals surface area contributed by atoms with Crippen molar-refractivity contribution < 1.29 is 24.0 Å². The summed E-state index contributed by atoms with van der Waals surface area (Å²) in [7, 11) is -0.511. The van der Waals surface area contributed by atoms with Gasteiger partial charge in [0.25, 0.3) is 0 Å². The van der Waals surface area contributed by atoms with Crippen LogP contribution in [-0.4, -0.2) is 41.5 Å². The van der Waals surface area contributed by atoms with Gasteiger partial charge in [0.1, 0.15) is 6.04 Å². The summed E-state index contributed by atoms with van der Waals surface area (Å²) in [5.41, 5.74) is 1.58. The molecule has 8 heteroatoms. The molecule has 3 rings (SSSR count). The average Bonchev–Trinajstić information content (AvgIpc) is 2.62. The second kappa shape index (κ2) is 6.03. The maximum atomic E-state index is 12.3. The van der Waals surface area contributed by atoms with Crippen LogP contribution in [0.2, 0.25) is 0 Å². The molecule has 7 nitrogen and oxygen atoms in total. The van der Waals surface area contributed by atoms with Gasteiger partial charge in [-0.25, -0.2) is 4.79 Å². The molecule has 1 atom stereocenters. The summed E-state index contributed by atoms with van der Waals surface area (Å²) in [5, 5.41) is 13.9. The zero-order chi connectivity index (χ0) is 18.4. The van der Waals surface area contributed by atoms with E-state index in [1.165, 1.54) is 0 Å².